The number of nitrogens with zero attached hydrogens (tertiary/aromatic N) is 2. The van der Waals surface area contributed by atoms with Crippen molar-refractivity contribution >= 4 is 5.69 Å². The number of rotatable bonds is 5. The molecule has 136 valence electrons. The van der Waals surface area contributed by atoms with Crippen LogP contribution in [-0.2, 0) is 0 Å². The van der Waals surface area contributed by atoms with E-state index in [2.05, 4.69) is 0 Å². The topological polar surface area (TPSA) is 84.9 Å². The van der Waals surface area contributed by atoms with E-state index in [1.807, 2.05) is 11.0 Å². The van der Waals surface area contributed by atoms with Crippen LogP contribution in [0.1, 0.15) is 18.4 Å². The van der Waals surface area contributed by atoms with Crippen LogP contribution in [0.3, 0.4) is 0 Å². The first kappa shape index (κ1) is 17.7. The first-order chi connectivity index (χ1) is 12.6. The molecule has 0 spiro atoms. The molecule has 0 aliphatic carbocycles. The lowest BCUT2D eigenvalue weighted by Crippen LogP contribution is -2.22. The van der Waals surface area contributed by atoms with E-state index in [1.165, 1.54) is 21.3 Å². The van der Waals surface area contributed by atoms with Crippen LogP contribution in [0.2, 0.25) is 0 Å². The number of ether oxygens (including phenoxy) is 3. The monoisotopic (exact) mass is 356 g/mol. The number of hydrogen-bond acceptors (Lipinski definition) is 7. The van der Waals surface area contributed by atoms with Gasteiger partial charge in [-0.25, -0.2) is 4.79 Å². The van der Waals surface area contributed by atoms with E-state index < -0.39 is 5.63 Å². The van der Waals surface area contributed by atoms with Crippen molar-refractivity contribution < 1.29 is 18.6 Å². The van der Waals surface area contributed by atoms with Crippen molar-refractivity contribution in [3.8, 4) is 34.6 Å². The van der Waals surface area contributed by atoms with E-state index in [0.717, 1.165) is 25.9 Å². The Labute approximate surface area is 151 Å². The van der Waals surface area contributed by atoms with Crippen LogP contribution in [0.4, 0.5) is 5.69 Å². The summed E-state index contributed by atoms with van der Waals surface area (Å²) in [7, 11) is 4.56. The smallest absolute Gasteiger partial charge is 0.356 e. The Kier molecular flexibility index (Phi) is 5.03. The summed E-state index contributed by atoms with van der Waals surface area (Å²) >= 11 is 0. The summed E-state index contributed by atoms with van der Waals surface area (Å²) in [6.07, 6.45) is 2.06. The lowest BCUT2D eigenvalue weighted by Gasteiger charge is -2.19. The first-order valence-corrected chi connectivity index (χ1v) is 8.26. The maximum Gasteiger partial charge on any atom is 0.356 e. The Morgan fingerprint density at radius 1 is 1.04 bits per heavy atom. The minimum absolute atomic E-state index is 0.0306. The predicted molar refractivity (Wildman–Crippen MR) is 96.2 cm³/mol. The second kappa shape index (κ2) is 7.40. The van der Waals surface area contributed by atoms with Crippen LogP contribution in [0.5, 0.6) is 17.2 Å². The van der Waals surface area contributed by atoms with Crippen LogP contribution in [0.25, 0.3) is 11.3 Å². The van der Waals surface area contributed by atoms with Gasteiger partial charge in [-0.3, -0.25) is 0 Å². The van der Waals surface area contributed by atoms with E-state index in [0.29, 0.717) is 34.3 Å². The molecule has 1 aliphatic heterocycles. The van der Waals surface area contributed by atoms with Crippen LogP contribution in [0, 0.1) is 11.3 Å². The maximum atomic E-state index is 12.4. The molecule has 3 rings (SSSR count). The Morgan fingerprint density at radius 3 is 2.15 bits per heavy atom. The Bertz CT molecular complexity index is 882. The van der Waals surface area contributed by atoms with Gasteiger partial charge in [-0.1, -0.05) is 0 Å². The lowest BCUT2D eigenvalue weighted by molar-refractivity contribution is 0.324. The summed E-state index contributed by atoms with van der Waals surface area (Å²) in [6, 6.07) is 7.11. The highest BCUT2D eigenvalue weighted by atomic mass is 16.5. The van der Waals surface area contributed by atoms with Gasteiger partial charge in [0.15, 0.2) is 17.1 Å². The molecule has 0 saturated carbocycles. The summed E-state index contributed by atoms with van der Waals surface area (Å²) in [5.41, 5.74) is 0.579. The molecule has 1 aliphatic rings. The quantitative estimate of drug-likeness (QED) is 0.814. The zero-order valence-electron chi connectivity index (χ0n) is 15.0. The number of benzene rings is 1. The van der Waals surface area contributed by atoms with Crippen LogP contribution >= 0.6 is 0 Å². The molecular formula is C19H20N2O5. The van der Waals surface area contributed by atoms with Crippen molar-refractivity contribution in [3.63, 3.8) is 0 Å². The van der Waals surface area contributed by atoms with Gasteiger partial charge in [-0.2, -0.15) is 5.26 Å². The van der Waals surface area contributed by atoms with Gasteiger partial charge in [0.05, 0.1) is 27.0 Å². The van der Waals surface area contributed by atoms with Crippen molar-refractivity contribution in [3.05, 3.63) is 34.2 Å². The number of anilines is 1. The highest BCUT2D eigenvalue weighted by Gasteiger charge is 2.22. The van der Waals surface area contributed by atoms with Gasteiger partial charge in [-0.05, 0) is 25.0 Å². The van der Waals surface area contributed by atoms with Crippen molar-refractivity contribution in [1.82, 2.24) is 0 Å². The van der Waals surface area contributed by atoms with Gasteiger partial charge in [-0.15, -0.1) is 0 Å². The van der Waals surface area contributed by atoms with Crippen molar-refractivity contribution in [2.45, 2.75) is 12.8 Å². The van der Waals surface area contributed by atoms with E-state index in [4.69, 9.17) is 18.6 Å². The average molecular weight is 356 g/mol. The summed E-state index contributed by atoms with van der Waals surface area (Å²) in [6.45, 7) is 1.62. The summed E-state index contributed by atoms with van der Waals surface area (Å²) in [5, 5.41) is 9.36. The fourth-order valence-corrected chi connectivity index (χ4v) is 3.16. The van der Waals surface area contributed by atoms with Crippen molar-refractivity contribution in [2.75, 3.05) is 39.3 Å². The normalized spacial score (nSPS) is 13.4. The highest BCUT2D eigenvalue weighted by molar-refractivity contribution is 5.72. The molecular weight excluding hydrogens is 336 g/mol. The molecule has 1 aromatic heterocycles. The third-order valence-electron chi connectivity index (χ3n) is 4.44. The molecule has 2 heterocycles. The highest BCUT2D eigenvalue weighted by Crippen LogP contribution is 2.41. The fraction of sp³-hybridized carbons (Fsp3) is 0.368. The van der Waals surface area contributed by atoms with E-state index in [9.17, 15) is 10.1 Å². The SMILES string of the molecule is COc1cc(-c2cc(N3CCCC3)c(C#N)c(=O)o2)cc(OC)c1OC. The molecule has 1 fully saturated rings. The van der Waals surface area contributed by atoms with Crippen LogP contribution in [0.15, 0.2) is 27.4 Å². The molecule has 0 amide bonds. The molecule has 0 atom stereocenters. The van der Waals surface area contributed by atoms with Gasteiger partial charge >= 0.3 is 5.63 Å². The van der Waals surface area contributed by atoms with Gasteiger partial charge in [0.2, 0.25) is 5.75 Å². The summed E-state index contributed by atoms with van der Waals surface area (Å²) in [5.74, 6) is 1.71. The van der Waals surface area contributed by atoms with Gasteiger partial charge < -0.3 is 23.5 Å². The average Bonchev–Trinajstić information content (AvgIpc) is 3.20. The molecule has 0 unspecified atom stereocenters. The Morgan fingerprint density at radius 2 is 1.65 bits per heavy atom. The molecule has 26 heavy (non-hydrogen) atoms. The molecule has 1 aromatic carbocycles. The molecule has 7 heteroatoms. The molecule has 0 radical (unpaired) electrons. The first-order valence-electron chi connectivity index (χ1n) is 8.26. The molecule has 0 N–H and O–H groups in total. The second-order valence-electron chi connectivity index (χ2n) is 5.88. The molecule has 0 bridgehead atoms. The third-order valence-corrected chi connectivity index (χ3v) is 4.44. The zero-order valence-corrected chi connectivity index (χ0v) is 15.0. The van der Waals surface area contributed by atoms with Crippen molar-refractivity contribution in [2.24, 2.45) is 0 Å². The number of methoxy groups -OCH3 is 3. The largest absolute Gasteiger partial charge is 0.493 e. The third kappa shape index (κ3) is 3.06. The standard InChI is InChI=1S/C19H20N2O5/c1-23-16-8-12(9-17(24-2)18(16)25-3)15-10-14(21-6-4-5-7-21)13(11-20)19(22)26-15/h8-10H,4-7H2,1-3H3. The molecule has 1 saturated heterocycles. The van der Waals surface area contributed by atoms with Crippen LogP contribution < -0.4 is 24.7 Å². The van der Waals surface area contributed by atoms with E-state index in [-0.39, 0.29) is 5.56 Å². The van der Waals surface area contributed by atoms with Gasteiger partial charge in [0.1, 0.15) is 11.8 Å². The second-order valence-corrected chi connectivity index (χ2v) is 5.88. The summed E-state index contributed by atoms with van der Waals surface area (Å²) in [4.78, 5) is 14.4. The Balaban J connectivity index is 2.18. The fourth-order valence-electron chi connectivity index (χ4n) is 3.16. The minimum atomic E-state index is -0.652. The Hall–Kier alpha value is -3.14. The molecule has 2 aromatic rings. The maximum absolute atomic E-state index is 12.4. The predicted octanol–water partition coefficient (Wildman–Crippen LogP) is 2.80. The number of hydrogen-bond donors (Lipinski definition) is 0. The summed E-state index contributed by atoms with van der Waals surface area (Å²) < 4.78 is 21.4. The van der Waals surface area contributed by atoms with E-state index in [1.54, 1.807) is 18.2 Å². The van der Waals surface area contributed by atoms with Gasteiger partial charge in [0, 0.05) is 24.7 Å². The van der Waals surface area contributed by atoms with Crippen LogP contribution in [-0.4, -0.2) is 34.4 Å². The molecule has 7 nitrogen and oxygen atoms in total. The van der Waals surface area contributed by atoms with Gasteiger partial charge in [0.25, 0.3) is 0 Å². The van der Waals surface area contributed by atoms with Crippen molar-refractivity contribution in [1.29, 1.82) is 5.26 Å². The number of nitriles is 1. The zero-order chi connectivity index (χ0) is 18.7. The minimum Gasteiger partial charge on any atom is -0.493 e. The lowest BCUT2D eigenvalue weighted by atomic mass is 10.1. The van der Waals surface area contributed by atoms with E-state index >= 15 is 0 Å².